The van der Waals surface area contributed by atoms with Crippen LogP contribution in [0.4, 0.5) is 0 Å². The minimum Gasteiger partial charge on any atom is -0.392 e. The van der Waals surface area contributed by atoms with Crippen LogP contribution in [0.15, 0.2) is 11.6 Å². The number of hydrogen-bond donors (Lipinski definition) is 1. The standard InChI is InChI=1S/C12H22O3/c1-4-12(14-7-8-15-12)11(3)9-10(2)5-6-13/h5,11,13H,4,6-9H2,1-3H3/b10-5-/t11-/m0/s1. The first-order valence-electron chi connectivity index (χ1n) is 5.69. The van der Waals surface area contributed by atoms with Gasteiger partial charge in [0, 0.05) is 5.92 Å². The average molecular weight is 214 g/mol. The molecule has 0 aromatic rings. The fraction of sp³-hybridized carbons (Fsp3) is 0.833. The minimum atomic E-state index is -0.398. The fourth-order valence-corrected chi connectivity index (χ4v) is 2.19. The topological polar surface area (TPSA) is 38.7 Å². The highest BCUT2D eigenvalue weighted by atomic mass is 16.7. The zero-order valence-electron chi connectivity index (χ0n) is 9.95. The van der Waals surface area contributed by atoms with Gasteiger partial charge in [-0.2, -0.15) is 0 Å². The lowest BCUT2D eigenvalue weighted by Crippen LogP contribution is -2.37. The van der Waals surface area contributed by atoms with Crippen molar-refractivity contribution >= 4 is 0 Å². The van der Waals surface area contributed by atoms with Crippen LogP contribution in [0.25, 0.3) is 0 Å². The van der Waals surface area contributed by atoms with Gasteiger partial charge in [-0.3, -0.25) is 0 Å². The van der Waals surface area contributed by atoms with Gasteiger partial charge in [0.25, 0.3) is 0 Å². The van der Waals surface area contributed by atoms with E-state index in [0.717, 1.165) is 12.8 Å². The molecule has 88 valence electrons. The molecule has 1 N–H and O–H groups in total. The van der Waals surface area contributed by atoms with Gasteiger partial charge in [-0.1, -0.05) is 25.5 Å². The van der Waals surface area contributed by atoms with E-state index in [1.807, 2.05) is 13.0 Å². The second-order valence-corrected chi connectivity index (χ2v) is 4.20. The molecule has 0 radical (unpaired) electrons. The number of allylic oxidation sites excluding steroid dienone is 1. The Bertz CT molecular complexity index is 217. The third-order valence-electron chi connectivity index (χ3n) is 3.09. The smallest absolute Gasteiger partial charge is 0.171 e. The van der Waals surface area contributed by atoms with Crippen LogP contribution in [0, 0.1) is 5.92 Å². The van der Waals surface area contributed by atoms with Gasteiger partial charge in [0.2, 0.25) is 0 Å². The number of aliphatic hydroxyl groups excluding tert-OH is 1. The van der Waals surface area contributed by atoms with Gasteiger partial charge >= 0.3 is 0 Å². The molecule has 0 amide bonds. The van der Waals surface area contributed by atoms with Crippen molar-refractivity contribution in [1.29, 1.82) is 0 Å². The Balaban J connectivity index is 2.57. The van der Waals surface area contributed by atoms with E-state index in [1.165, 1.54) is 5.57 Å². The molecule has 0 saturated carbocycles. The summed E-state index contributed by atoms with van der Waals surface area (Å²) in [7, 11) is 0. The van der Waals surface area contributed by atoms with E-state index in [2.05, 4.69) is 13.8 Å². The van der Waals surface area contributed by atoms with Crippen LogP contribution in [0.2, 0.25) is 0 Å². The summed E-state index contributed by atoms with van der Waals surface area (Å²) in [5.41, 5.74) is 1.19. The van der Waals surface area contributed by atoms with Crippen LogP contribution >= 0.6 is 0 Å². The largest absolute Gasteiger partial charge is 0.392 e. The summed E-state index contributed by atoms with van der Waals surface area (Å²) in [6, 6.07) is 0. The Hall–Kier alpha value is -0.380. The van der Waals surface area contributed by atoms with Crippen LogP contribution in [0.5, 0.6) is 0 Å². The predicted molar refractivity (Wildman–Crippen MR) is 59.5 cm³/mol. The normalized spacial score (nSPS) is 23.1. The molecular weight excluding hydrogens is 192 g/mol. The van der Waals surface area contributed by atoms with Gasteiger partial charge in [0.1, 0.15) is 0 Å². The zero-order valence-corrected chi connectivity index (χ0v) is 9.95. The minimum absolute atomic E-state index is 0.111. The number of rotatable bonds is 5. The van der Waals surface area contributed by atoms with Gasteiger partial charge in [-0.05, 0) is 19.8 Å². The molecule has 1 rings (SSSR count). The summed E-state index contributed by atoms with van der Waals surface area (Å²) in [6.07, 6.45) is 3.63. The molecule has 1 fully saturated rings. The summed E-state index contributed by atoms with van der Waals surface area (Å²) in [5.74, 6) is -0.0716. The molecule has 0 aromatic carbocycles. The molecular formula is C12H22O3. The highest BCUT2D eigenvalue weighted by Crippen LogP contribution is 2.34. The van der Waals surface area contributed by atoms with Gasteiger partial charge in [0.05, 0.1) is 19.8 Å². The van der Waals surface area contributed by atoms with E-state index in [1.54, 1.807) is 0 Å². The van der Waals surface area contributed by atoms with Crippen LogP contribution in [0.1, 0.15) is 33.6 Å². The van der Waals surface area contributed by atoms with Crippen molar-refractivity contribution in [2.24, 2.45) is 5.92 Å². The highest BCUT2D eigenvalue weighted by molar-refractivity contribution is 5.01. The maximum Gasteiger partial charge on any atom is 0.171 e. The summed E-state index contributed by atoms with van der Waals surface area (Å²) in [4.78, 5) is 0. The maximum atomic E-state index is 8.80. The van der Waals surface area contributed by atoms with Crippen molar-refractivity contribution in [2.45, 2.75) is 39.4 Å². The van der Waals surface area contributed by atoms with E-state index in [-0.39, 0.29) is 6.61 Å². The summed E-state index contributed by atoms with van der Waals surface area (Å²) in [5, 5.41) is 8.80. The molecule has 0 unspecified atom stereocenters. The van der Waals surface area contributed by atoms with E-state index >= 15 is 0 Å². The lowest BCUT2D eigenvalue weighted by molar-refractivity contribution is -0.193. The second kappa shape index (κ2) is 5.64. The second-order valence-electron chi connectivity index (χ2n) is 4.20. The molecule has 15 heavy (non-hydrogen) atoms. The average Bonchev–Trinajstić information content (AvgIpc) is 2.67. The molecule has 1 saturated heterocycles. The molecule has 1 aliphatic rings. The van der Waals surface area contributed by atoms with Gasteiger partial charge in [-0.25, -0.2) is 0 Å². The quantitative estimate of drug-likeness (QED) is 0.712. The van der Waals surface area contributed by atoms with Crippen LogP contribution in [0.3, 0.4) is 0 Å². The maximum absolute atomic E-state index is 8.80. The molecule has 1 aliphatic heterocycles. The number of hydrogen-bond acceptors (Lipinski definition) is 3. The summed E-state index contributed by atoms with van der Waals surface area (Å²) < 4.78 is 11.4. The van der Waals surface area contributed by atoms with Crippen molar-refractivity contribution in [3.63, 3.8) is 0 Å². The van der Waals surface area contributed by atoms with Gasteiger partial charge < -0.3 is 14.6 Å². The summed E-state index contributed by atoms with van der Waals surface area (Å²) in [6.45, 7) is 7.77. The molecule has 1 atom stereocenters. The first-order valence-corrected chi connectivity index (χ1v) is 5.69. The Morgan fingerprint density at radius 2 is 2.07 bits per heavy atom. The third kappa shape index (κ3) is 3.03. The summed E-state index contributed by atoms with van der Waals surface area (Å²) >= 11 is 0. The monoisotopic (exact) mass is 214 g/mol. The van der Waals surface area contributed by atoms with E-state index < -0.39 is 5.79 Å². The predicted octanol–water partition coefficient (Wildman–Crippen LogP) is 2.10. The van der Waals surface area contributed by atoms with Gasteiger partial charge in [-0.15, -0.1) is 0 Å². The molecule has 3 nitrogen and oxygen atoms in total. The van der Waals surface area contributed by atoms with Crippen molar-refractivity contribution in [3.05, 3.63) is 11.6 Å². The number of ether oxygens (including phenoxy) is 2. The van der Waals surface area contributed by atoms with Gasteiger partial charge in [0.15, 0.2) is 5.79 Å². The van der Waals surface area contributed by atoms with E-state index in [9.17, 15) is 0 Å². The fourth-order valence-electron chi connectivity index (χ4n) is 2.19. The SMILES string of the molecule is CCC1([C@@H](C)C/C(C)=C\CO)OCCO1. The van der Waals surface area contributed by atoms with Crippen LogP contribution in [-0.2, 0) is 9.47 Å². The van der Waals surface area contributed by atoms with Crippen LogP contribution in [-0.4, -0.2) is 30.7 Å². The van der Waals surface area contributed by atoms with Crippen molar-refractivity contribution < 1.29 is 14.6 Å². The molecule has 1 heterocycles. The zero-order chi connectivity index (χ0) is 11.3. The Morgan fingerprint density at radius 1 is 1.47 bits per heavy atom. The lowest BCUT2D eigenvalue weighted by atomic mass is 9.91. The molecule has 0 spiro atoms. The molecule has 0 aliphatic carbocycles. The molecule has 0 bridgehead atoms. The highest BCUT2D eigenvalue weighted by Gasteiger charge is 2.39. The Labute approximate surface area is 92.1 Å². The molecule has 0 aromatic heterocycles. The van der Waals surface area contributed by atoms with E-state index in [4.69, 9.17) is 14.6 Å². The third-order valence-corrected chi connectivity index (χ3v) is 3.09. The lowest BCUT2D eigenvalue weighted by Gasteiger charge is -2.32. The van der Waals surface area contributed by atoms with E-state index in [0.29, 0.717) is 19.1 Å². The van der Waals surface area contributed by atoms with Crippen LogP contribution < -0.4 is 0 Å². The van der Waals surface area contributed by atoms with Crippen molar-refractivity contribution in [1.82, 2.24) is 0 Å². The Kier molecular flexibility index (Phi) is 4.77. The van der Waals surface area contributed by atoms with Crippen molar-refractivity contribution in [3.8, 4) is 0 Å². The first-order chi connectivity index (χ1) is 7.14. The first kappa shape index (κ1) is 12.7. The molecule has 3 heteroatoms. The number of aliphatic hydroxyl groups is 1. The van der Waals surface area contributed by atoms with Crippen molar-refractivity contribution in [2.75, 3.05) is 19.8 Å². The Morgan fingerprint density at radius 3 is 2.53 bits per heavy atom.